The van der Waals surface area contributed by atoms with Gasteiger partial charge in [0.25, 0.3) is 5.70 Å². The topological polar surface area (TPSA) is 72.2 Å². The summed E-state index contributed by atoms with van der Waals surface area (Å²) in [6.07, 6.45) is 6.90. The van der Waals surface area contributed by atoms with Crippen LogP contribution in [0.2, 0.25) is 0 Å². The van der Waals surface area contributed by atoms with Crippen molar-refractivity contribution in [3.05, 3.63) is 45.8 Å². The molecule has 0 atom stereocenters. The maximum Gasteiger partial charge on any atom is 0.292 e. The summed E-state index contributed by atoms with van der Waals surface area (Å²) < 4.78 is 0. The first-order valence-electron chi connectivity index (χ1n) is 5.43. The molecule has 17 heavy (non-hydrogen) atoms. The van der Waals surface area contributed by atoms with Crippen LogP contribution in [0.1, 0.15) is 27.7 Å². The second-order valence-corrected chi connectivity index (χ2v) is 3.81. The summed E-state index contributed by atoms with van der Waals surface area (Å²) in [7, 11) is 0. The van der Waals surface area contributed by atoms with E-state index in [1.54, 1.807) is 18.2 Å². The van der Waals surface area contributed by atoms with Crippen LogP contribution < -0.4 is 5.32 Å². The van der Waals surface area contributed by atoms with Crippen LogP contribution in [0, 0.1) is 15.5 Å². The Hall–Kier alpha value is -1.91. The molecule has 0 saturated carbocycles. The Morgan fingerprint density at radius 1 is 1.29 bits per heavy atom. The average Bonchev–Trinajstić information content (AvgIpc) is 2.42. The van der Waals surface area contributed by atoms with Gasteiger partial charge in [-0.2, -0.15) is 0 Å². The molecule has 1 amide bonds. The number of hydrogen-bond donors (Lipinski definition) is 1. The van der Waals surface area contributed by atoms with Gasteiger partial charge in [-0.25, -0.2) is 0 Å². The van der Waals surface area contributed by atoms with Crippen molar-refractivity contribution in [2.24, 2.45) is 5.41 Å². The van der Waals surface area contributed by atoms with Crippen molar-refractivity contribution < 1.29 is 9.72 Å². The van der Waals surface area contributed by atoms with Crippen molar-refractivity contribution in [1.82, 2.24) is 5.32 Å². The largest absolute Gasteiger partial charge is 0.323 e. The molecule has 1 aliphatic rings. The van der Waals surface area contributed by atoms with Gasteiger partial charge in [0.2, 0.25) is 6.41 Å². The van der Waals surface area contributed by atoms with Crippen LogP contribution in [0.3, 0.4) is 0 Å². The monoisotopic (exact) mass is 238 g/mol. The Morgan fingerprint density at radius 3 is 2.29 bits per heavy atom. The summed E-state index contributed by atoms with van der Waals surface area (Å²) in [6.45, 7) is 7.84. The zero-order chi connectivity index (χ0) is 13.5. The quantitative estimate of drug-likeness (QED) is 0.466. The summed E-state index contributed by atoms with van der Waals surface area (Å²) in [6, 6.07) is 0. The minimum absolute atomic E-state index is 0.107. The van der Waals surface area contributed by atoms with E-state index in [1.165, 1.54) is 6.08 Å². The zero-order valence-corrected chi connectivity index (χ0v) is 10.6. The third kappa shape index (κ3) is 4.63. The number of carbonyl (C=O) groups is 1. The van der Waals surface area contributed by atoms with Gasteiger partial charge in [0.1, 0.15) is 5.70 Å². The lowest BCUT2D eigenvalue weighted by atomic mass is 9.93. The second-order valence-electron chi connectivity index (χ2n) is 3.81. The third-order valence-corrected chi connectivity index (χ3v) is 2.04. The van der Waals surface area contributed by atoms with E-state index < -0.39 is 4.92 Å². The molecule has 0 fully saturated rings. The molecule has 1 N–H and O–H groups in total. The summed E-state index contributed by atoms with van der Waals surface area (Å²) in [5.74, 6) is 0. The number of allylic oxidation sites excluding steroid dienone is 4. The van der Waals surface area contributed by atoms with Crippen LogP contribution in [0.5, 0.6) is 0 Å². The Kier molecular flexibility index (Phi) is 5.88. The highest BCUT2D eigenvalue weighted by molar-refractivity contribution is 5.53. The van der Waals surface area contributed by atoms with Gasteiger partial charge in [-0.05, 0) is 6.08 Å². The van der Waals surface area contributed by atoms with Crippen molar-refractivity contribution in [3.63, 3.8) is 0 Å². The molecule has 0 radical (unpaired) electrons. The molecule has 0 saturated heterocycles. The van der Waals surface area contributed by atoms with Crippen LogP contribution >= 0.6 is 0 Å². The van der Waals surface area contributed by atoms with Crippen LogP contribution in [0.15, 0.2) is 35.7 Å². The SMILES string of the molecule is CC.CC1(C)C=CC(NC=O)=C([N+](=O)[O-])C=C1. The second kappa shape index (κ2) is 6.62. The minimum atomic E-state index is -0.520. The van der Waals surface area contributed by atoms with Gasteiger partial charge in [-0.15, -0.1) is 0 Å². The van der Waals surface area contributed by atoms with Crippen LogP contribution in [-0.2, 0) is 4.79 Å². The van der Waals surface area contributed by atoms with Crippen molar-refractivity contribution in [1.29, 1.82) is 0 Å². The molecule has 94 valence electrons. The Labute approximate surface area is 101 Å². The van der Waals surface area contributed by atoms with Gasteiger partial charge in [0, 0.05) is 11.5 Å². The molecule has 1 rings (SSSR count). The smallest absolute Gasteiger partial charge is 0.292 e. The van der Waals surface area contributed by atoms with Gasteiger partial charge in [0.15, 0.2) is 0 Å². The first kappa shape index (κ1) is 15.1. The maximum atomic E-state index is 10.7. The predicted octanol–water partition coefficient (Wildman–Crippen LogP) is 2.40. The summed E-state index contributed by atoms with van der Waals surface area (Å²) in [5.41, 5.74) is -0.158. The fourth-order valence-electron chi connectivity index (χ4n) is 1.17. The molecular weight excluding hydrogens is 220 g/mol. The van der Waals surface area contributed by atoms with Gasteiger partial charge >= 0.3 is 0 Å². The normalized spacial score (nSPS) is 16.7. The zero-order valence-electron chi connectivity index (χ0n) is 10.6. The first-order chi connectivity index (χ1) is 7.96. The van der Waals surface area contributed by atoms with Crippen molar-refractivity contribution in [2.75, 3.05) is 0 Å². The molecule has 0 aromatic rings. The van der Waals surface area contributed by atoms with E-state index in [9.17, 15) is 14.9 Å². The molecule has 0 heterocycles. The molecule has 0 bridgehead atoms. The molecule has 0 aliphatic heterocycles. The summed E-state index contributed by atoms with van der Waals surface area (Å²) >= 11 is 0. The number of rotatable bonds is 3. The van der Waals surface area contributed by atoms with Gasteiger partial charge in [-0.1, -0.05) is 39.8 Å². The molecule has 0 aromatic heterocycles. The van der Waals surface area contributed by atoms with E-state index in [1.807, 2.05) is 27.7 Å². The Balaban J connectivity index is 0.00000121. The highest BCUT2D eigenvalue weighted by Gasteiger charge is 2.20. The highest BCUT2D eigenvalue weighted by Crippen LogP contribution is 2.24. The molecule has 5 heteroatoms. The van der Waals surface area contributed by atoms with E-state index in [0.29, 0.717) is 6.41 Å². The lowest BCUT2D eigenvalue weighted by Gasteiger charge is -2.11. The molecule has 0 unspecified atom stereocenters. The standard InChI is InChI=1S/C10H12N2O3.C2H6/c1-10(2)5-3-8(11-7-13)9(4-6-10)12(14)15;1-2/h3-7H,1-2H3,(H,11,13);1-2H3. The lowest BCUT2D eigenvalue weighted by Crippen LogP contribution is -2.13. The number of amides is 1. The predicted molar refractivity (Wildman–Crippen MR) is 66.6 cm³/mol. The van der Waals surface area contributed by atoms with E-state index in [0.717, 1.165) is 0 Å². The van der Waals surface area contributed by atoms with Crippen molar-refractivity contribution in [3.8, 4) is 0 Å². The average molecular weight is 238 g/mol. The number of nitrogens with one attached hydrogen (secondary N) is 1. The molecule has 0 aromatic carbocycles. The highest BCUT2D eigenvalue weighted by atomic mass is 16.6. The fraction of sp³-hybridized carbons (Fsp3) is 0.417. The van der Waals surface area contributed by atoms with Crippen LogP contribution in [0.25, 0.3) is 0 Å². The summed E-state index contributed by atoms with van der Waals surface area (Å²) in [5, 5.41) is 13.0. The van der Waals surface area contributed by atoms with Crippen molar-refractivity contribution in [2.45, 2.75) is 27.7 Å². The summed E-state index contributed by atoms with van der Waals surface area (Å²) in [4.78, 5) is 20.5. The van der Waals surface area contributed by atoms with Crippen LogP contribution in [-0.4, -0.2) is 11.3 Å². The first-order valence-corrected chi connectivity index (χ1v) is 5.43. The van der Waals surface area contributed by atoms with E-state index in [2.05, 4.69) is 5.32 Å². The Morgan fingerprint density at radius 2 is 1.82 bits per heavy atom. The van der Waals surface area contributed by atoms with Gasteiger partial charge in [0.05, 0.1) is 4.92 Å². The fourth-order valence-corrected chi connectivity index (χ4v) is 1.17. The van der Waals surface area contributed by atoms with Gasteiger partial charge in [-0.3, -0.25) is 14.9 Å². The molecule has 1 aliphatic carbocycles. The Bertz CT molecular complexity index is 379. The molecule has 5 nitrogen and oxygen atoms in total. The van der Waals surface area contributed by atoms with E-state index in [-0.39, 0.29) is 16.8 Å². The van der Waals surface area contributed by atoms with Gasteiger partial charge < -0.3 is 5.32 Å². The number of nitro groups is 1. The van der Waals surface area contributed by atoms with Crippen LogP contribution in [0.4, 0.5) is 0 Å². The van der Waals surface area contributed by atoms with E-state index >= 15 is 0 Å². The molecule has 0 spiro atoms. The van der Waals surface area contributed by atoms with Crippen molar-refractivity contribution >= 4 is 6.41 Å². The number of nitrogens with zero attached hydrogens (tertiary/aromatic N) is 1. The lowest BCUT2D eigenvalue weighted by molar-refractivity contribution is -0.420. The van der Waals surface area contributed by atoms with E-state index in [4.69, 9.17) is 0 Å². The number of hydrogen-bond acceptors (Lipinski definition) is 3. The maximum absolute atomic E-state index is 10.7. The minimum Gasteiger partial charge on any atom is -0.323 e. The number of carbonyl (C=O) groups excluding carboxylic acids is 1. The molecular formula is C12H18N2O3. The third-order valence-electron chi connectivity index (χ3n) is 2.04.